The number of rotatable bonds is 7. The third kappa shape index (κ3) is 6.53. The van der Waals surface area contributed by atoms with E-state index in [0.717, 1.165) is 12.1 Å². The predicted octanol–water partition coefficient (Wildman–Crippen LogP) is 4.55. The Balaban J connectivity index is 1.64. The molecule has 1 aromatic heterocycles. The topological polar surface area (TPSA) is 98.9 Å². The summed E-state index contributed by atoms with van der Waals surface area (Å²) in [7, 11) is 0. The van der Waals surface area contributed by atoms with Crippen LogP contribution in [0.2, 0.25) is 0 Å². The number of aromatic amines is 1. The molecular formula is C23H22F3N5O2. The third-order valence-electron chi connectivity index (χ3n) is 4.54. The van der Waals surface area contributed by atoms with Gasteiger partial charge in [0.2, 0.25) is 5.95 Å². The number of hydrogen-bond acceptors (Lipinski definition) is 4. The van der Waals surface area contributed by atoms with Gasteiger partial charge in [0, 0.05) is 31.4 Å². The van der Waals surface area contributed by atoms with E-state index in [1.165, 1.54) is 11.8 Å². The van der Waals surface area contributed by atoms with Crippen molar-refractivity contribution in [2.45, 2.75) is 20.4 Å². The molecule has 0 saturated carbocycles. The number of H-pyrrole nitrogens is 1. The van der Waals surface area contributed by atoms with Crippen LogP contribution < -0.4 is 21.5 Å². The molecule has 33 heavy (non-hydrogen) atoms. The number of nitrogens with zero attached hydrogens (tertiary/aromatic N) is 1. The first-order valence-electron chi connectivity index (χ1n) is 9.98. The van der Waals surface area contributed by atoms with Gasteiger partial charge in [-0.25, -0.2) is 18.0 Å². The van der Waals surface area contributed by atoms with E-state index in [9.17, 15) is 22.8 Å². The fourth-order valence-corrected chi connectivity index (χ4v) is 2.84. The lowest BCUT2D eigenvalue weighted by atomic mass is 10.1. The van der Waals surface area contributed by atoms with Gasteiger partial charge >= 0.3 is 6.03 Å². The van der Waals surface area contributed by atoms with Gasteiger partial charge in [0.25, 0.3) is 5.56 Å². The molecular weight excluding hydrogens is 435 g/mol. The SMILES string of the molecule is CC(C)=CCNCc1ccc(-c2c[nH]c(NC(=O)Nc3cc(F)c(F)cc3F)nc2=O)cc1. The summed E-state index contributed by atoms with van der Waals surface area (Å²) in [5.41, 5.74) is 2.04. The quantitative estimate of drug-likeness (QED) is 0.238. The van der Waals surface area contributed by atoms with E-state index in [2.05, 4.69) is 26.7 Å². The van der Waals surface area contributed by atoms with Crippen molar-refractivity contribution in [1.82, 2.24) is 15.3 Å². The van der Waals surface area contributed by atoms with Gasteiger partial charge < -0.3 is 15.6 Å². The van der Waals surface area contributed by atoms with Crippen molar-refractivity contribution in [3.05, 3.63) is 87.6 Å². The van der Waals surface area contributed by atoms with Crippen LogP contribution in [0.4, 0.5) is 29.6 Å². The minimum absolute atomic E-state index is 0.204. The summed E-state index contributed by atoms with van der Waals surface area (Å²) in [6.45, 7) is 5.50. The molecule has 0 aliphatic heterocycles. The Morgan fingerprint density at radius 1 is 1.03 bits per heavy atom. The molecule has 172 valence electrons. The molecule has 0 radical (unpaired) electrons. The van der Waals surface area contributed by atoms with E-state index in [1.54, 1.807) is 12.1 Å². The van der Waals surface area contributed by atoms with Crippen molar-refractivity contribution in [3.8, 4) is 11.1 Å². The highest BCUT2D eigenvalue weighted by Crippen LogP contribution is 2.19. The first-order valence-corrected chi connectivity index (χ1v) is 9.98. The summed E-state index contributed by atoms with van der Waals surface area (Å²) >= 11 is 0. The maximum absolute atomic E-state index is 13.7. The number of carbonyl (C=O) groups is 1. The molecule has 0 aliphatic rings. The van der Waals surface area contributed by atoms with E-state index >= 15 is 0 Å². The van der Waals surface area contributed by atoms with Gasteiger partial charge in [-0.2, -0.15) is 4.98 Å². The number of carbonyl (C=O) groups excluding carboxylic acids is 1. The van der Waals surface area contributed by atoms with Crippen molar-refractivity contribution in [2.24, 2.45) is 0 Å². The fraction of sp³-hybridized carbons (Fsp3) is 0.174. The van der Waals surface area contributed by atoms with Gasteiger partial charge in [-0.3, -0.25) is 10.1 Å². The van der Waals surface area contributed by atoms with E-state index in [-0.39, 0.29) is 11.5 Å². The maximum atomic E-state index is 13.7. The molecule has 3 rings (SSSR count). The average Bonchev–Trinajstić information content (AvgIpc) is 2.75. The smallest absolute Gasteiger partial charge is 0.326 e. The van der Waals surface area contributed by atoms with E-state index in [1.807, 2.05) is 31.3 Å². The number of amides is 2. The molecule has 2 amide bonds. The Bertz CT molecular complexity index is 1240. The summed E-state index contributed by atoms with van der Waals surface area (Å²) < 4.78 is 39.9. The molecule has 0 atom stereocenters. The van der Waals surface area contributed by atoms with E-state index in [4.69, 9.17) is 0 Å². The molecule has 4 N–H and O–H groups in total. The van der Waals surface area contributed by atoms with E-state index in [0.29, 0.717) is 24.2 Å². The van der Waals surface area contributed by atoms with Crippen molar-refractivity contribution < 1.29 is 18.0 Å². The monoisotopic (exact) mass is 457 g/mol. The summed E-state index contributed by atoms with van der Waals surface area (Å²) in [5.74, 6) is -4.06. The van der Waals surface area contributed by atoms with Crippen LogP contribution >= 0.6 is 0 Å². The Labute approximate surface area is 187 Å². The second-order valence-corrected chi connectivity index (χ2v) is 7.40. The number of urea groups is 1. The van der Waals surface area contributed by atoms with Crippen molar-refractivity contribution in [3.63, 3.8) is 0 Å². The first kappa shape index (κ1) is 23.7. The number of allylic oxidation sites excluding steroid dienone is 1. The van der Waals surface area contributed by atoms with Gasteiger partial charge in [-0.05, 0) is 25.0 Å². The predicted molar refractivity (Wildman–Crippen MR) is 120 cm³/mol. The van der Waals surface area contributed by atoms with Crippen molar-refractivity contribution in [2.75, 3.05) is 17.2 Å². The fourth-order valence-electron chi connectivity index (χ4n) is 2.84. The Morgan fingerprint density at radius 3 is 2.39 bits per heavy atom. The summed E-state index contributed by atoms with van der Waals surface area (Å²) in [4.78, 5) is 30.8. The Morgan fingerprint density at radius 2 is 1.73 bits per heavy atom. The van der Waals surface area contributed by atoms with Gasteiger partial charge in [0.15, 0.2) is 11.6 Å². The molecule has 0 aliphatic carbocycles. The van der Waals surface area contributed by atoms with Crippen LogP contribution in [0.3, 0.4) is 0 Å². The first-order chi connectivity index (χ1) is 15.7. The second kappa shape index (κ2) is 10.6. The minimum Gasteiger partial charge on any atom is -0.331 e. The molecule has 3 aromatic rings. The molecule has 0 spiro atoms. The maximum Gasteiger partial charge on any atom is 0.326 e. The standard InChI is InChI=1S/C23H22F3N5O2/c1-13(2)7-8-27-11-14-3-5-15(6-4-14)16-12-28-22(30-21(16)32)31-23(33)29-20-10-18(25)17(24)9-19(20)26/h3-7,9-10,12,27H,8,11H2,1-2H3,(H3,28,29,30,31,32,33). The summed E-state index contributed by atoms with van der Waals surface area (Å²) in [5, 5.41) is 7.52. The van der Waals surface area contributed by atoms with Crippen LogP contribution in [0.25, 0.3) is 11.1 Å². The van der Waals surface area contributed by atoms with Crippen LogP contribution in [0.5, 0.6) is 0 Å². The van der Waals surface area contributed by atoms with E-state index < -0.39 is 34.7 Å². The molecule has 0 bridgehead atoms. The second-order valence-electron chi connectivity index (χ2n) is 7.40. The summed E-state index contributed by atoms with van der Waals surface area (Å²) in [6.07, 6.45) is 3.47. The van der Waals surface area contributed by atoms with Crippen molar-refractivity contribution >= 4 is 17.7 Å². The van der Waals surface area contributed by atoms with Gasteiger partial charge in [-0.15, -0.1) is 0 Å². The highest BCUT2D eigenvalue weighted by atomic mass is 19.2. The zero-order valence-corrected chi connectivity index (χ0v) is 17.9. The normalized spacial score (nSPS) is 10.6. The lowest BCUT2D eigenvalue weighted by Gasteiger charge is -2.09. The third-order valence-corrected chi connectivity index (χ3v) is 4.54. The van der Waals surface area contributed by atoms with Gasteiger partial charge in [0.05, 0.1) is 11.3 Å². The van der Waals surface area contributed by atoms with Crippen LogP contribution in [0.1, 0.15) is 19.4 Å². The number of hydrogen-bond donors (Lipinski definition) is 4. The van der Waals surface area contributed by atoms with Gasteiger partial charge in [0.1, 0.15) is 5.82 Å². The Hall–Kier alpha value is -3.92. The van der Waals surface area contributed by atoms with Gasteiger partial charge in [-0.1, -0.05) is 35.9 Å². The highest BCUT2D eigenvalue weighted by Gasteiger charge is 2.13. The lowest BCUT2D eigenvalue weighted by molar-refractivity contribution is 0.262. The number of halogens is 3. The minimum atomic E-state index is -1.38. The van der Waals surface area contributed by atoms with Crippen LogP contribution in [0, 0.1) is 17.5 Å². The van der Waals surface area contributed by atoms with Crippen LogP contribution in [-0.2, 0) is 6.54 Å². The number of anilines is 2. The lowest BCUT2D eigenvalue weighted by Crippen LogP contribution is -2.24. The zero-order valence-electron chi connectivity index (χ0n) is 17.9. The Kier molecular flexibility index (Phi) is 7.62. The largest absolute Gasteiger partial charge is 0.331 e. The molecule has 10 heteroatoms. The van der Waals surface area contributed by atoms with Crippen LogP contribution in [0.15, 0.2) is 59.0 Å². The zero-order chi connectivity index (χ0) is 24.0. The molecule has 0 saturated heterocycles. The molecule has 7 nitrogen and oxygen atoms in total. The average molecular weight is 457 g/mol. The number of nitrogens with one attached hydrogen (secondary N) is 4. The summed E-state index contributed by atoms with van der Waals surface area (Å²) in [6, 6.07) is 7.17. The highest BCUT2D eigenvalue weighted by molar-refractivity contribution is 5.98. The number of benzene rings is 2. The van der Waals surface area contributed by atoms with Crippen LogP contribution in [-0.4, -0.2) is 22.5 Å². The van der Waals surface area contributed by atoms with Crippen molar-refractivity contribution in [1.29, 1.82) is 0 Å². The molecule has 2 aromatic carbocycles. The molecule has 1 heterocycles. The number of aromatic nitrogens is 2. The molecule has 0 fully saturated rings. The molecule has 0 unspecified atom stereocenters.